The highest BCUT2D eigenvalue weighted by Gasteiger charge is 2.36. The molecule has 1 amide bonds. The van der Waals surface area contributed by atoms with Crippen LogP contribution < -0.4 is 0 Å². The second-order valence-corrected chi connectivity index (χ2v) is 5.74. The lowest BCUT2D eigenvalue weighted by molar-refractivity contribution is -0.139. The molecule has 1 aromatic carbocycles. The van der Waals surface area contributed by atoms with Gasteiger partial charge in [-0.2, -0.15) is 5.10 Å². The first kappa shape index (κ1) is 13.1. The average molecular weight is 295 g/mol. The van der Waals surface area contributed by atoms with Crippen molar-refractivity contribution in [3.63, 3.8) is 0 Å². The van der Waals surface area contributed by atoms with Crippen molar-refractivity contribution in [1.82, 2.24) is 24.6 Å². The van der Waals surface area contributed by atoms with E-state index in [0.29, 0.717) is 19.0 Å². The van der Waals surface area contributed by atoms with E-state index in [9.17, 15) is 4.79 Å². The first-order valence-corrected chi connectivity index (χ1v) is 7.45. The number of H-pyrrole nitrogens is 1. The van der Waals surface area contributed by atoms with E-state index in [2.05, 4.69) is 15.1 Å². The van der Waals surface area contributed by atoms with Crippen LogP contribution in [0, 0.1) is 0 Å². The molecule has 1 aliphatic heterocycles. The lowest BCUT2D eigenvalue weighted by atomic mass is 9.98. The number of likely N-dealkylation sites (tertiary alicyclic amines) is 1. The molecule has 112 valence electrons. The Hall–Kier alpha value is -2.63. The molecule has 0 bridgehead atoms. The summed E-state index contributed by atoms with van der Waals surface area (Å²) in [5.41, 5.74) is 2.03. The molecule has 4 rings (SSSR count). The third-order valence-corrected chi connectivity index (χ3v) is 4.27. The molecular weight excluding hydrogens is 278 g/mol. The van der Waals surface area contributed by atoms with Crippen LogP contribution in [-0.2, 0) is 4.79 Å². The summed E-state index contributed by atoms with van der Waals surface area (Å²) in [7, 11) is 0. The Balaban J connectivity index is 1.44. The van der Waals surface area contributed by atoms with Crippen molar-refractivity contribution < 1.29 is 4.79 Å². The third-order valence-electron chi connectivity index (χ3n) is 4.27. The number of nitrogens with one attached hydrogen (secondary N) is 1. The normalized spacial score (nSPS) is 16.7. The number of hydrogen-bond acceptors (Lipinski definition) is 3. The SMILES string of the molecule is C[C@H](C(=O)N1CC(c2nc3ccccc3[nH]2)C1)n1cccn1. The maximum atomic E-state index is 12.4. The predicted octanol–water partition coefficient (Wildman–Crippen LogP) is 1.95. The number of fused-ring (bicyclic) bond motifs is 1. The first-order chi connectivity index (χ1) is 10.7. The van der Waals surface area contributed by atoms with Crippen molar-refractivity contribution in [2.45, 2.75) is 18.9 Å². The Morgan fingerprint density at radius 3 is 2.86 bits per heavy atom. The largest absolute Gasteiger partial charge is 0.342 e. The number of aromatic amines is 1. The Labute approximate surface area is 127 Å². The molecule has 0 unspecified atom stereocenters. The molecule has 0 spiro atoms. The third kappa shape index (κ3) is 2.07. The molecular formula is C16H17N5O. The minimum Gasteiger partial charge on any atom is -0.342 e. The maximum Gasteiger partial charge on any atom is 0.247 e. The van der Waals surface area contributed by atoms with Gasteiger partial charge in [0.2, 0.25) is 5.91 Å². The second kappa shape index (κ2) is 4.98. The number of carbonyl (C=O) groups is 1. The van der Waals surface area contributed by atoms with Crippen molar-refractivity contribution in [2.24, 2.45) is 0 Å². The van der Waals surface area contributed by atoms with Gasteiger partial charge in [0.15, 0.2) is 0 Å². The van der Waals surface area contributed by atoms with Crippen LogP contribution in [0.25, 0.3) is 11.0 Å². The van der Waals surface area contributed by atoms with Gasteiger partial charge in [-0.15, -0.1) is 0 Å². The summed E-state index contributed by atoms with van der Waals surface area (Å²) >= 11 is 0. The molecule has 6 heteroatoms. The van der Waals surface area contributed by atoms with Crippen LogP contribution in [0.5, 0.6) is 0 Å². The standard InChI is InChI=1S/C16H17N5O/c1-11(21-8-4-7-17-21)16(22)20-9-12(10-20)15-18-13-5-2-3-6-14(13)19-15/h2-8,11-12H,9-10H2,1H3,(H,18,19)/t11-/m1/s1. The summed E-state index contributed by atoms with van der Waals surface area (Å²) in [4.78, 5) is 22.2. The van der Waals surface area contributed by atoms with Crippen LogP contribution in [0.2, 0.25) is 0 Å². The zero-order valence-corrected chi connectivity index (χ0v) is 12.3. The quantitative estimate of drug-likeness (QED) is 0.803. The van der Waals surface area contributed by atoms with Gasteiger partial charge in [-0.05, 0) is 25.1 Å². The highest BCUT2D eigenvalue weighted by molar-refractivity contribution is 5.81. The van der Waals surface area contributed by atoms with Gasteiger partial charge in [0, 0.05) is 25.5 Å². The summed E-state index contributed by atoms with van der Waals surface area (Å²) < 4.78 is 1.69. The molecule has 1 saturated heterocycles. The molecule has 1 fully saturated rings. The molecule has 1 N–H and O–H groups in total. The van der Waals surface area contributed by atoms with Gasteiger partial charge < -0.3 is 9.88 Å². The Bertz CT molecular complexity index is 768. The number of nitrogens with zero attached hydrogens (tertiary/aromatic N) is 4. The number of benzene rings is 1. The lowest BCUT2D eigenvalue weighted by Gasteiger charge is -2.39. The van der Waals surface area contributed by atoms with E-state index >= 15 is 0 Å². The zero-order valence-electron chi connectivity index (χ0n) is 12.3. The topological polar surface area (TPSA) is 66.8 Å². The Morgan fingerprint density at radius 2 is 2.14 bits per heavy atom. The minimum absolute atomic E-state index is 0.107. The fraction of sp³-hybridized carbons (Fsp3) is 0.312. The highest BCUT2D eigenvalue weighted by atomic mass is 16.2. The van der Waals surface area contributed by atoms with Gasteiger partial charge >= 0.3 is 0 Å². The smallest absolute Gasteiger partial charge is 0.247 e. The van der Waals surface area contributed by atoms with Crippen LogP contribution in [0.4, 0.5) is 0 Å². The molecule has 0 saturated carbocycles. The number of aromatic nitrogens is 4. The fourth-order valence-electron chi connectivity index (χ4n) is 2.88. The monoisotopic (exact) mass is 295 g/mol. The van der Waals surface area contributed by atoms with Crippen LogP contribution in [-0.4, -0.2) is 43.6 Å². The number of amides is 1. The van der Waals surface area contributed by atoms with Gasteiger partial charge in [0.05, 0.1) is 17.0 Å². The van der Waals surface area contributed by atoms with Crippen molar-refractivity contribution >= 4 is 16.9 Å². The number of carbonyl (C=O) groups excluding carboxylic acids is 1. The molecule has 3 aromatic rings. The number of para-hydroxylation sites is 2. The van der Waals surface area contributed by atoms with Gasteiger partial charge in [0.25, 0.3) is 0 Å². The average Bonchev–Trinajstić information content (AvgIpc) is 3.13. The molecule has 0 radical (unpaired) electrons. The van der Waals surface area contributed by atoms with Crippen LogP contribution in [0.15, 0.2) is 42.7 Å². The van der Waals surface area contributed by atoms with Crippen molar-refractivity contribution in [3.8, 4) is 0 Å². The van der Waals surface area contributed by atoms with E-state index in [1.54, 1.807) is 10.9 Å². The second-order valence-electron chi connectivity index (χ2n) is 5.74. The van der Waals surface area contributed by atoms with E-state index in [1.807, 2.05) is 48.4 Å². The zero-order chi connectivity index (χ0) is 15.1. The van der Waals surface area contributed by atoms with E-state index < -0.39 is 0 Å². The predicted molar refractivity (Wildman–Crippen MR) is 82.4 cm³/mol. The molecule has 3 heterocycles. The van der Waals surface area contributed by atoms with E-state index in [1.165, 1.54) is 0 Å². The van der Waals surface area contributed by atoms with Crippen LogP contribution in [0.1, 0.15) is 24.7 Å². The van der Waals surface area contributed by atoms with E-state index in [0.717, 1.165) is 16.9 Å². The summed E-state index contributed by atoms with van der Waals surface area (Å²) in [6.07, 6.45) is 3.51. The summed E-state index contributed by atoms with van der Waals surface area (Å²) in [6, 6.07) is 9.56. The number of hydrogen-bond donors (Lipinski definition) is 1. The van der Waals surface area contributed by atoms with Crippen LogP contribution in [0.3, 0.4) is 0 Å². The summed E-state index contributed by atoms with van der Waals surface area (Å²) in [5, 5.41) is 4.13. The molecule has 22 heavy (non-hydrogen) atoms. The number of imidazole rings is 1. The van der Waals surface area contributed by atoms with Gasteiger partial charge in [-0.25, -0.2) is 4.98 Å². The molecule has 1 aliphatic rings. The van der Waals surface area contributed by atoms with E-state index in [-0.39, 0.29) is 11.9 Å². The van der Waals surface area contributed by atoms with Crippen molar-refractivity contribution in [1.29, 1.82) is 0 Å². The van der Waals surface area contributed by atoms with Crippen molar-refractivity contribution in [2.75, 3.05) is 13.1 Å². The van der Waals surface area contributed by atoms with Gasteiger partial charge in [-0.1, -0.05) is 12.1 Å². The number of rotatable bonds is 3. The summed E-state index contributed by atoms with van der Waals surface area (Å²) in [6.45, 7) is 3.30. The van der Waals surface area contributed by atoms with Crippen molar-refractivity contribution in [3.05, 3.63) is 48.5 Å². The maximum absolute atomic E-state index is 12.4. The molecule has 2 aromatic heterocycles. The lowest BCUT2D eigenvalue weighted by Crippen LogP contribution is -2.51. The molecule has 6 nitrogen and oxygen atoms in total. The molecule has 0 aliphatic carbocycles. The Kier molecular flexibility index (Phi) is 2.96. The van der Waals surface area contributed by atoms with Gasteiger partial charge in [0.1, 0.15) is 11.9 Å². The summed E-state index contributed by atoms with van der Waals surface area (Å²) in [5.74, 6) is 1.37. The highest BCUT2D eigenvalue weighted by Crippen LogP contribution is 2.28. The fourth-order valence-corrected chi connectivity index (χ4v) is 2.88. The van der Waals surface area contributed by atoms with Crippen LogP contribution >= 0.6 is 0 Å². The van der Waals surface area contributed by atoms with Gasteiger partial charge in [-0.3, -0.25) is 9.48 Å². The van der Waals surface area contributed by atoms with E-state index in [4.69, 9.17) is 0 Å². The first-order valence-electron chi connectivity index (χ1n) is 7.45. The Morgan fingerprint density at radius 1 is 1.32 bits per heavy atom. The molecule has 1 atom stereocenters. The minimum atomic E-state index is -0.258.